The molecule has 1 N–H and O–H groups in total. The van der Waals surface area contributed by atoms with Gasteiger partial charge >= 0.3 is 0 Å². The van der Waals surface area contributed by atoms with E-state index in [-0.39, 0.29) is 5.75 Å². The first-order chi connectivity index (χ1) is 12.0. The summed E-state index contributed by atoms with van der Waals surface area (Å²) >= 11 is 0. The summed E-state index contributed by atoms with van der Waals surface area (Å²) in [4.78, 5) is 0. The molecular weight excluding hydrogens is 312 g/mol. The standard InChI is InChI=1S/C22H22O3/c1-14-8-5-11-19(16(14)3)24-21-13-7-10-18(23)22(21)25-20-12-6-9-15(2)17(20)4/h5-13,23H,1-4H3. The number of hydrogen-bond donors (Lipinski definition) is 1. The van der Waals surface area contributed by atoms with E-state index in [1.165, 1.54) is 0 Å². The molecule has 0 aliphatic heterocycles. The fraction of sp³-hybridized carbons (Fsp3) is 0.182. The highest BCUT2D eigenvalue weighted by atomic mass is 16.5. The van der Waals surface area contributed by atoms with Gasteiger partial charge in [0.1, 0.15) is 11.5 Å². The van der Waals surface area contributed by atoms with Crippen LogP contribution in [0.4, 0.5) is 0 Å². The number of rotatable bonds is 4. The maximum Gasteiger partial charge on any atom is 0.211 e. The molecule has 3 aromatic carbocycles. The second-order valence-electron chi connectivity index (χ2n) is 6.20. The average Bonchev–Trinajstić information content (AvgIpc) is 2.58. The first-order valence-electron chi connectivity index (χ1n) is 8.27. The topological polar surface area (TPSA) is 38.7 Å². The van der Waals surface area contributed by atoms with Crippen molar-refractivity contribution < 1.29 is 14.6 Å². The Morgan fingerprint density at radius 1 is 0.600 bits per heavy atom. The summed E-state index contributed by atoms with van der Waals surface area (Å²) in [5.74, 6) is 2.29. The van der Waals surface area contributed by atoms with Crippen LogP contribution in [0.1, 0.15) is 22.3 Å². The Hall–Kier alpha value is -2.94. The molecule has 0 spiro atoms. The van der Waals surface area contributed by atoms with E-state index in [0.29, 0.717) is 17.2 Å². The highest BCUT2D eigenvalue weighted by molar-refractivity contribution is 5.55. The number of phenols is 1. The summed E-state index contributed by atoms with van der Waals surface area (Å²) in [6.07, 6.45) is 0. The van der Waals surface area contributed by atoms with E-state index in [9.17, 15) is 5.11 Å². The molecule has 0 amide bonds. The largest absolute Gasteiger partial charge is 0.504 e. The summed E-state index contributed by atoms with van der Waals surface area (Å²) in [6, 6.07) is 16.9. The summed E-state index contributed by atoms with van der Waals surface area (Å²) < 4.78 is 12.1. The Balaban J connectivity index is 2.00. The van der Waals surface area contributed by atoms with Gasteiger partial charge in [-0.3, -0.25) is 0 Å². The molecule has 0 aliphatic carbocycles. The minimum absolute atomic E-state index is 0.0451. The number of aryl methyl sites for hydroxylation is 2. The molecule has 0 bridgehead atoms. The number of para-hydroxylation sites is 1. The van der Waals surface area contributed by atoms with Gasteiger partial charge in [-0.15, -0.1) is 0 Å². The van der Waals surface area contributed by atoms with Crippen LogP contribution in [0.5, 0.6) is 28.7 Å². The van der Waals surface area contributed by atoms with Crippen LogP contribution in [0.25, 0.3) is 0 Å². The van der Waals surface area contributed by atoms with E-state index in [1.807, 2.05) is 64.1 Å². The Morgan fingerprint density at radius 3 is 1.68 bits per heavy atom. The van der Waals surface area contributed by atoms with Crippen molar-refractivity contribution in [2.45, 2.75) is 27.7 Å². The molecule has 0 aromatic heterocycles. The number of ether oxygens (including phenoxy) is 2. The first-order valence-corrected chi connectivity index (χ1v) is 8.27. The maximum atomic E-state index is 10.3. The van der Waals surface area contributed by atoms with Crippen LogP contribution in [-0.4, -0.2) is 5.11 Å². The summed E-state index contributed by atoms with van der Waals surface area (Å²) in [6.45, 7) is 8.08. The van der Waals surface area contributed by atoms with Crippen molar-refractivity contribution in [1.82, 2.24) is 0 Å². The quantitative estimate of drug-likeness (QED) is 0.616. The molecular formula is C22H22O3. The lowest BCUT2D eigenvalue weighted by molar-refractivity contribution is 0.379. The lowest BCUT2D eigenvalue weighted by Gasteiger charge is -2.17. The van der Waals surface area contributed by atoms with Crippen molar-refractivity contribution in [1.29, 1.82) is 0 Å². The Kier molecular flexibility index (Phi) is 4.66. The van der Waals surface area contributed by atoms with Crippen molar-refractivity contribution in [2.24, 2.45) is 0 Å². The Morgan fingerprint density at radius 2 is 1.08 bits per heavy atom. The third kappa shape index (κ3) is 3.45. The maximum absolute atomic E-state index is 10.3. The van der Waals surface area contributed by atoms with Crippen molar-refractivity contribution >= 4 is 0 Å². The molecule has 3 heteroatoms. The zero-order valence-corrected chi connectivity index (χ0v) is 15.0. The molecule has 0 saturated carbocycles. The van der Waals surface area contributed by atoms with E-state index in [4.69, 9.17) is 9.47 Å². The molecule has 0 saturated heterocycles. The Labute approximate surface area is 148 Å². The van der Waals surface area contributed by atoms with E-state index in [0.717, 1.165) is 28.0 Å². The predicted octanol–water partition coefficient (Wildman–Crippen LogP) is 6.21. The highest BCUT2D eigenvalue weighted by Gasteiger charge is 2.15. The molecule has 128 valence electrons. The second-order valence-corrected chi connectivity index (χ2v) is 6.20. The van der Waals surface area contributed by atoms with Gasteiger partial charge in [0, 0.05) is 0 Å². The highest BCUT2D eigenvalue weighted by Crippen LogP contribution is 2.43. The monoisotopic (exact) mass is 334 g/mol. The van der Waals surface area contributed by atoms with Crippen LogP contribution in [0, 0.1) is 27.7 Å². The molecule has 0 heterocycles. The van der Waals surface area contributed by atoms with Gasteiger partial charge in [0.2, 0.25) is 5.75 Å². The van der Waals surface area contributed by atoms with Gasteiger partial charge in [-0.25, -0.2) is 0 Å². The summed E-state index contributed by atoms with van der Waals surface area (Å²) in [5, 5.41) is 10.3. The van der Waals surface area contributed by atoms with Crippen LogP contribution >= 0.6 is 0 Å². The third-order valence-corrected chi connectivity index (χ3v) is 4.50. The van der Waals surface area contributed by atoms with Crippen LogP contribution in [0.3, 0.4) is 0 Å². The lowest BCUT2D eigenvalue weighted by Crippen LogP contribution is -1.95. The molecule has 0 fully saturated rings. The van der Waals surface area contributed by atoms with E-state index in [1.54, 1.807) is 18.2 Å². The summed E-state index contributed by atoms with van der Waals surface area (Å²) in [7, 11) is 0. The van der Waals surface area contributed by atoms with Gasteiger partial charge in [0.25, 0.3) is 0 Å². The normalized spacial score (nSPS) is 10.6. The van der Waals surface area contributed by atoms with Crippen LogP contribution in [0.2, 0.25) is 0 Å². The smallest absolute Gasteiger partial charge is 0.211 e. The minimum Gasteiger partial charge on any atom is -0.504 e. The van der Waals surface area contributed by atoms with Crippen molar-refractivity contribution in [2.75, 3.05) is 0 Å². The van der Waals surface area contributed by atoms with Crippen molar-refractivity contribution in [3.05, 3.63) is 76.9 Å². The Bertz CT molecular complexity index is 913. The molecule has 0 aliphatic rings. The van der Waals surface area contributed by atoms with Crippen molar-refractivity contribution in [3.63, 3.8) is 0 Å². The van der Waals surface area contributed by atoms with Gasteiger partial charge in [0.15, 0.2) is 11.5 Å². The number of phenolic OH excluding ortho intramolecular Hbond substituents is 1. The molecule has 25 heavy (non-hydrogen) atoms. The van der Waals surface area contributed by atoms with Crippen molar-refractivity contribution in [3.8, 4) is 28.7 Å². The fourth-order valence-electron chi connectivity index (χ4n) is 2.59. The minimum atomic E-state index is 0.0451. The number of aromatic hydroxyl groups is 1. The predicted molar refractivity (Wildman–Crippen MR) is 100 cm³/mol. The molecule has 0 unspecified atom stereocenters. The molecule has 0 atom stereocenters. The zero-order chi connectivity index (χ0) is 18.0. The van der Waals surface area contributed by atoms with Gasteiger partial charge < -0.3 is 14.6 Å². The van der Waals surface area contributed by atoms with Crippen LogP contribution in [-0.2, 0) is 0 Å². The van der Waals surface area contributed by atoms with Gasteiger partial charge in [-0.2, -0.15) is 0 Å². The second kappa shape index (κ2) is 6.89. The molecule has 3 rings (SSSR count). The summed E-state index contributed by atoms with van der Waals surface area (Å²) in [5.41, 5.74) is 4.37. The molecule has 3 nitrogen and oxygen atoms in total. The van der Waals surface area contributed by atoms with E-state index >= 15 is 0 Å². The molecule has 0 radical (unpaired) electrons. The van der Waals surface area contributed by atoms with Gasteiger partial charge in [-0.05, 0) is 74.2 Å². The van der Waals surface area contributed by atoms with Gasteiger partial charge in [0.05, 0.1) is 0 Å². The van der Waals surface area contributed by atoms with Gasteiger partial charge in [-0.1, -0.05) is 30.3 Å². The SMILES string of the molecule is Cc1cccc(Oc2cccc(O)c2Oc2cccc(C)c2C)c1C. The van der Waals surface area contributed by atoms with Crippen LogP contribution < -0.4 is 9.47 Å². The molecule has 3 aromatic rings. The first kappa shape index (κ1) is 16.9. The van der Waals surface area contributed by atoms with E-state index < -0.39 is 0 Å². The average molecular weight is 334 g/mol. The lowest BCUT2D eigenvalue weighted by atomic mass is 10.1. The third-order valence-electron chi connectivity index (χ3n) is 4.50. The van der Waals surface area contributed by atoms with Crippen LogP contribution in [0.15, 0.2) is 54.6 Å². The fourth-order valence-corrected chi connectivity index (χ4v) is 2.59. The van der Waals surface area contributed by atoms with E-state index in [2.05, 4.69) is 0 Å². The zero-order valence-electron chi connectivity index (χ0n) is 15.0. The number of benzene rings is 3. The number of hydrogen-bond acceptors (Lipinski definition) is 3.